The minimum Gasteiger partial charge on any atom is -0.0991 e. The van der Waals surface area contributed by atoms with E-state index < -0.39 is 0 Å². The quantitative estimate of drug-likeness (QED) is 0.516. The molecule has 0 aromatic rings. The van der Waals surface area contributed by atoms with Crippen molar-refractivity contribution in [2.24, 2.45) is 0 Å². The Kier molecular flexibility index (Phi) is 6.70. The number of allylic oxidation sites excluding steroid dienone is 8. The lowest BCUT2D eigenvalue weighted by atomic mass is 10.4. The van der Waals surface area contributed by atoms with Crippen LogP contribution in [-0.2, 0) is 0 Å². The fourth-order valence-corrected chi connectivity index (χ4v) is 0.414. The molecule has 10 heavy (non-hydrogen) atoms. The fraction of sp³-hybridized carbons (Fsp3) is 0. The maximum Gasteiger partial charge on any atom is -0.0623 e. The van der Waals surface area contributed by atoms with Gasteiger partial charge in [-0.3, -0.25) is 0 Å². The second kappa shape index (κ2) is 7.70. The average molecular weight is 132 g/mol. The van der Waals surface area contributed by atoms with Gasteiger partial charge < -0.3 is 0 Å². The molecule has 52 valence electrons. The van der Waals surface area contributed by atoms with E-state index in [2.05, 4.69) is 13.2 Å². The Labute approximate surface area is 62.6 Å². The Bertz CT molecular complexity index is 148. The highest BCUT2D eigenvalue weighted by Gasteiger charge is 1.58. The van der Waals surface area contributed by atoms with Crippen LogP contribution in [0.2, 0.25) is 0 Å². The van der Waals surface area contributed by atoms with E-state index >= 15 is 0 Å². The zero-order chi connectivity index (χ0) is 7.66. The third-order valence-electron chi connectivity index (χ3n) is 0.828. The first-order chi connectivity index (χ1) is 4.91. The minimum absolute atomic E-state index is 1.74. The second-order valence-electron chi connectivity index (χ2n) is 1.63. The maximum absolute atomic E-state index is 3.54. The molecule has 0 fully saturated rings. The van der Waals surface area contributed by atoms with E-state index in [9.17, 15) is 0 Å². The molecule has 0 aliphatic carbocycles. The number of hydrogen-bond acceptors (Lipinski definition) is 0. The van der Waals surface area contributed by atoms with E-state index in [-0.39, 0.29) is 0 Å². The van der Waals surface area contributed by atoms with Crippen molar-refractivity contribution in [1.82, 2.24) is 0 Å². The van der Waals surface area contributed by atoms with Crippen molar-refractivity contribution >= 4 is 0 Å². The topological polar surface area (TPSA) is 0 Å². The molecule has 0 aliphatic heterocycles. The molecule has 0 heteroatoms. The van der Waals surface area contributed by atoms with Gasteiger partial charge in [0.2, 0.25) is 0 Å². The summed E-state index contributed by atoms with van der Waals surface area (Å²) in [5.41, 5.74) is 0. The van der Waals surface area contributed by atoms with Crippen molar-refractivity contribution in [2.75, 3.05) is 0 Å². The molecule has 0 saturated carbocycles. The summed E-state index contributed by atoms with van der Waals surface area (Å²) in [6, 6.07) is 0. The smallest absolute Gasteiger partial charge is 0.0623 e. The average Bonchev–Trinajstić information content (AvgIpc) is 1.97. The van der Waals surface area contributed by atoms with Crippen LogP contribution in [0.4, 0.5) is 0 Å². The fourth-order valence-electron chi connectivity index (χ4n) is 0.414. The molecule has 0 unspecified atom stereocenters. The Morgan fingerprint density at radius 1 is 0.500 bits per heavy atom. The highest BCUT2D eigenvalue weighted by Crippen LogP contribution is 1.80. The zero-order valence-corrected chi connectivity index (χ0v) is 6.03. The van der Waals surface area contributed by atoms with Crippen LogP contribution in [0.15, 0.2) is 61.8 Å². The molecule has 0 aliphatic rings. The van der Waals surface area contributed by atoms with Crippen LogP contribution in [0.1, 0.15) is 0 Å². The summed E-state index contributed by atoms with van der Waals surface area (Å²) in [5, 5.41) is 0. The van der Waals surface area contributed by atoms with Crippen molar-refractivity contribution in [3.8, 4) is 0 Å². The van der Waals surface area contributed by atoms with Crippen LogP contribution in [-0.4, -0.2) is 0 Å². The molecule has 0 spiro atoms. The van der Waals surface area contributed by atoms with Crippen molar-refractivity contribution in [3.05, 3.63) is 61.8 Å². The monoisotopic (exact) mass is 132 g/mol. The highest BCUT2D eigenvalue weighted by molar-refractivity contribution is 5.16. The first kappa shape index (κ1) is 8.70. The largest absolute Gasteiger partial charge is 0.0991 e. The van der Waals surface area contributed by atoms with Gasteiger partial charge in [0.15, 0.2) is 0 Å². The van der Waals surface area contributed by atoms with E-state index in [1.807, 2.05) is 36.5 Å². The van der Waals surface area contributed by atoms with Crippen LogP contribution in [0.5, 0.6) is 0 Å². The Morgan fingerprint density at radius 3 is 1.10 bits per heavy atom. The first-order valence-corrected chi connectivity index (χ1v) is 3.15. The molecule has 0 heterocycles. The van der Waals surface area contributed by atoms with E-state index in [0.29, 0.717) is 0 Å². The van der Waals surface area contributed by atoms with Crippen LogP contribution < -0.4 is 0 Å². The van der Waals surface area contributed by atoms with Gasteiger partial charge in [0.1, 0.15) is 0 Å². The molecular formula is C10H12. The molecule has 0 saturated heterocycles. The van der Waals surface area contributed by atoms with Crippen molar-refractivity contribution in [2.45, 2.75) is 0 Å². The predicted octanol–water partition coefficient (Wildman–Crippen LogP) is 3.03. The molecule has 0 amide bonds. The van der Waals surface area contributed by atoms with Crippen LogP contribution in [0.3, 0.4) is 0 Å². The highest BCUT2D eigenvalue weighted by atomic mass is 13.7. The molecule has 0 rings (SSSR count). The second-order valence-corrected chi connectivity index (χ2v) is 1.63. The molecule has 0 radical (unpaired) electrons. The summed E-state index contributed by atoms with van der Waals surface area (Å²) in [6.45, 7) is 7.08. The summed E-state index contributed by atoms with van der Waals surface area (Å²) in [4.78, 5) is 0. The Morgan fingerprint density at radius 2 is 0.800 bits per heavy atom. The molecular weight excluding hydrogens is 120 g/mol. The predicted molar refractivity (Wildman–Crippen MR) is 47.8 cm³/mol. The third kappa shape index (κ3) is 6.70. The maximum atomic E-state index is 3.54. The van der Waals surface area contributed by atoms with Crippen molar-refractivity contribution in [3.63, 3.8) is 0 Å². The summed E-state index contributed by atoms with van der Waals surface area (Å²) >= 11 is 0. The van der Waals surface area contributed by atoms with Crippen molar-refractivity contribution < 1.29 is 0 Å². The number of hydrogen-bond donors (Lipinski definition) is 0. The molecule has 0 bridgehead atoms. The summed E-state index contributed by atoms with van der Waals surface area (Å²) in [5.74, 6) is 0. The lowest BCUT2D eigenvalue weighted by molar-refractivity contribution is 1.88. The van der Waals surface area contributed by atoms with Gasteiger partial charge in [-0.05, 0) is 0 Å². The van der Waals surface area contributed by atoms with Gasteiger partial charge >= 0.3 is 0 Å². The number of rotatable bonds is 4. The van der Waals surface area contributed by atoms with Crippen LogP contribution in [0, 0.1) is 0 Å². The van der Waals surface area contributed by atoms with E-state index in [1.165, 1.54) is 0 Å². The Balaban J connectivity index is 3.55. The van der Waals surface area contributed by atoms with Gasteiger partial charge in [0.25, 0.3) is 0 Å². The molecule has 0 aromatic heterocycles. The van der Waals surface area contributed by atoms with Crippen LogP contribution >= 0.6 is 0 Å². The van der Waals surface area contributed by atoms with E-state index in [1.54, 1.807) is 12.2 Å². The lowest BCUT2D eigenvalue weighted by Crippen LogP contribution is -1.48. The van der Waals surface area contributed by atoms with Gasteiger partial charge in [-0.25, -0.2) is 0 Å². The Hall–Kier alpha value is -1.30. The molecule has 0 aromatic carbocycles. The summed E-state index contributed by atoms with van der Waals surface area (Å²) in [6.07, 6.45) is 14.9. The molecule has 0 atom stereocenters. The summed E-state index contributed by atoms with van der Waals surface area (Å²) in [7, 11) is 0. The first-order valence-electron chi connectivity index (χ1n) is 3.15. The third-order valence-corrected chi connectivity index (χ3v) is 0.828. The molecule has 0 nitrogen and oxygen atoms in total. The normalized spacial score (nSPS) is 11.6. The van der Waals surface area contributed by atoms with Gasteiger partial charge in [-0.15, -0.1) is 0 Å². The lowest BCUT2D eigenvalue weighted by Gasteiger charge is -1.70. The zero-order valence-electron chi connectivity index (χ0n) is 6.03. The van der Waals surface area contributed by atoms with E-state index in [0.717, 1.165) is 0 Å². The van der Waals surface area contributed by atoms with Crippen LogP contribution in [0.25, 0.3) is 0 Å². The SMILES string of the molecule is C=CC=C/C=C/C=CC=C. The van der Waals surface area contributed by atoms with Gasteiger partial charge in [-0.1, -0.05) is 61.8 Å². The summed E-state index contributed by atoms with van der Waals surface area (Å²) < 4.78 is 0. The van der Waals surface area contributed by atoms with Gasteiger partial charge in [-0.2, -0.15) is 0 Å². The standard InChI is InChI=1S/C10H12/c1-3-5-7-9-10-8-6-4-2/h3-10H,1-2H2/b7-5?,8-6?,10-9+. The van der Waals surface area contributed by atoms with Gasteiger partial charge in [0.05, 0.1) is 0 Å². The van der Waals surface area contributed by atoms with Gasteiger partial charge in [0, 0.05) is 0 Å². The van der Waals surface area contributed by atoms with E-state index in [4.69, 9.17) is 0 Å². The minimum atomic E-state index is 1.74. The van der Waals surface area contributed by atoms with Crippen molar-refractivity contribution in [1.29, 1.82) is 0 Å². The molecule has 0 N–H and O–H groups in total.